The molecule has 0 aromatic heterocycles. The van der Waals surface area contributed by atoms with E-state index in [-0.39, 0.29) is 23.8 Å². The van der Waals surface area contributed by atoms with Crippen LogP contribution in [-0.4, -0.2) is 34.1 Å². The number of anilines is 1. The first-order valence-electron chi connectivity index (χ1n) is 8.76. The van der Waals surface area contributed by atoms with Crippen LogP contribution in [0.15, 0.2) is 47.4 Å². The van der Waals surface area contributed by atoms with Crippen LogP contribution in [0.4, 0.5) is 5.69 Å². The molecule has 0 spiro atoms. The molecule has 144 valence electrons. The van der Waals surface area contributed by atoms with Crippen molar-refractivity contribution in [3.05, 3.63) is 48.0 Å². The Morgan fingerprint density at radius 2 is 1.74 bits per heavy atom. The number of hydrogen-bond acceptors (Lipinski definition) is 5. The number of fused-ring (bicyclic) bond motifs is 1. The van der Waals surface area contributed by atoms with Crippen molar-refractivity contribution in [2.45, 2.75) is 24.7 Å². The number of ether oxygens (including phenoxy) is 2. The number of nitrogens with one attached hydrogen (secondary N) is 2. The van der Waals surface area contributed by atoms with Crippen molar-refractivity contribution in [1.82, 2.24) is 4.72 Å². The summed E-state index contributed by atoms with van der Waals surface area (Å²) in [6.07, 6.45) is 0.856. The summed E-state index contributed by atoms with van der Waals surface area (Å²) in [4.78, 5) is 12.3. The molecule has 7 nitrogen and oxygen atoms in total. The second kappa shape index (κ2) is 8.41. The van der Waals surface area contributed by atoms with Gasteiger partial charge < -0.3 is 14.8 Å². The van der Waals surface area contributed by atoms with Crippen molar-refractivity contribution in [3.63, 3.8) is 0 Å². The van der Waals surface area contributed by atoms with E-state index in [1.807, 2.05) is 6.92 Å². The Kier molecular flexibility index (Phi) is 5.98. The van der Waals surface area contributed by atoms with Gasteiger partial charge in [-0.1, -0.05) is 19.1 Å². The first kappa shape index (κ1) is 19.2. The summed E-state index contributed by atoms with van der Waals surface area (Å²) in [5, 5.41) is 2.72. The van der Waals surface area contributed by atoms with Gasteiger partial charge in [-0.3, -0.25) is 4.79 Å². The number of amides is 1. The van der Waals surface area contributed by atoms with Crippen LogP contribution < -0.4 is 19.5 Å². The van der Waals surface area contributed by atoms with Crippen molar-refractivity contribution in [2.24, 2.45) is 0 Å². The van der Waals surface area contributed by atoms with E-state index in [4.69, 9.17) is 9.47 Å². The van der Waals surface area contributed by atoms with Crippen LogP contribution in [0.3, 0.4) is 0 Å². The van der Waals surface area contributed by atoms with Crippen molar-refractivity contribution >= 4 is 21.6 Å². The molecule has 2 N–H and O–H groups in total. The molecule has 1 aliphatic heterocycles. The summed E-state index contributed by atoms with van der Waals surface area (Å²) in [7, 11) is -3.63. The zero-order chi connectivity index (χ0) is 19.3. The highest BCUT2D eigenvalue weighted by molar-refractivity contribution is 7.89. The maximum Gasteiger partial charge on any atom is 0.240 e. The van der Waals surface area contributed by atoms with Crippen LogP contribution in [0.1, 0.15) is 18.9 Å². The van der Waals surface area contributed by atoms with Gasteiger partial charge in [-0.2, -0.15) is 0 Å². The first-order valence-corrected chi connectivity index (χ1v) is 10.2. The fraction of sp³-hybridized carbons (Fsp3) is 0.316. The van der Waals surface area contributed by atoms with Gasteiger partial charge in [-0.05, 0) is 36.2 Å². The summed E-state index contributed by atoms with van der Waals surface area (Å²) in [6, 6.07) is 11.8. The van der Waals surface area contributed by atoms with Crippen molar-refractivity contribution in [1.29, 1.82) is 0 Å². The monoisotopic (exact) mass is 390 g/mol. The van der Waals surface area contributed by atoms with Crippen molar-refractivity contribution < 1.29 is 22.7 Å². The van der Waals surface area contributed by atoms with Crippen LogP contribution in [0.25, 0.3) is 0 Å². The molecule has 2 aromatic carbocycles. The van der Waals surface area contributed by atoms with E-state index in [1.165, 1.54) is 0 Å². The number of sulfonamides is 1. The number of rotatable bonds is 7. The third kappa shape index (κ3) is 4.99. The van der Waals surface area contributed by atoms with E-state index >= 15 is 0 Å². The molecule has 3 rings (SSSR count). The highest BCUT2D eigenvalue weighted by atomic mass is 32.2. The number of aryl methyl sites for hydroxylation is 1. The minimum Gasteiger partial charge on any atom is -0.486 e. The summed E-state index contributed by atoms with van der Waals surface area (Å²) >= 11 is 0. The topological polar surface area (TPSA) is 93.7 Å². The van der Waals surface area contributed by atoms with Crippen molar-refractivity contribution in [2.75, 3.05) is 25.1 Å². The predicted molar refractivity (Wildman–Crippen MR) is 102 cm³/mol. The lowest BCUT2D eigenvalue weighted by atomic mass is 10.2. The highest BCUT2D eigenvalue weighted by Crippen LogP contribution is 2.32. The third-order valence-electron chi connectivity index (χ3n) is 4.11. The molecule has 0 atom stereocenters. The van der Waals surface area contributed by atoms with Gasteiger partial charge in [0.15, 0.2) is 11.5 Å². The average molecular weight is 390 g/mol. The molecule has 27 heavy (non-hydrogen) atoms. The number of hydrogen-bond donors (Lipinski definition) is 2. The highest BCUT2D eigenvalue weighted by Gasteiger charge is 2.15. The lowest BCUT2D eigenvalue weighted by molar-refractivity contribution is -0.116. The molecule has 2 aromatic rings. The maximum absolute atomic E-state index is 12.3. The Bertz CT molecular complexity index is 910. The first-order chi connectivity index (χ1) is 13.0. The standard InChI is InChI=1S/C19H22N2O5S/c1-2-14-3-6-16(7-4-14)27(23,24)20-10-9-19(22)21-15-5-8-17-18(13-15)26-12-11-25-17/h3-8,13,20H,2,9-12H2,1H3,(H,21,22). The molecule has 0 saturated heterocycles. The zero-order valence-corrected chi connectivity index (χ0v) is 15.8. The van der Waals surface area contributed by atoms with E-state index in [2.05, 4.69) is 10.0 Å². The van der Waals surface area contributed by atoms with Gasteiger partial charge in [-0.25, -0.2) is 13.1 Å². The summed E-state index contributed by atoms with van der Waals surface area (Å²) in [6.45, 7) is 2.97. The molecule has 0 unspecified atom stereocenters. The zero-order valence-electron chi connectivity index (χ0n) is 15.0. The molecule has 1 aliphatic rings. The van der Waals surface area contributed by atoms with Gasteiger partial charge in [0.25, 0.3) is 0 Å². The lowest BCUT2D eigenvalue weighted by Gasteiger charge is -2.19. The largest absolute Gasteiger partial charge is 0.486 e. The second-order valence-corrected chi connectivity index (χ2v) is 7.82. The van der Waals surface area contributed by atoms with Crippen molar-refractivity contribution in [3.8, 4) is 11.5 Å². The molecule has 0 radical (unpaired) electrons. The normalized spacial score (nSPS) is 13.2. The quantitative estimate of drug-likeness (QED) is 0.757. The molecule has 1 heterocycles. The summed E-state index contributed by atoms with van der Waals surface area (Å²) in [5.41, 5.74) is 1.63. The maximum atomic E-state index is 12.3. The SMILES string of the molecule is CCc1ccc(S(=O)(=O)NCCC(=O)Nc2ccc3c(c2)OCCO3)cc1. The van der Waals surface area contributed by atoms with Crippen LogP contribution in [0.2, 0.25) is 0 Å². The summed E-state index contributed by atoms with van der Waals surface area (Å²) < 4.78 is 37.9. The molecule has 1 amide bonds. The van der Waals surface area contributed by atoms with E-state index in [9.17, 15) is 13.2 Å². The van der Waals surface area contributed by atoms with E-state index in [0.717, 1.165) is 12.0 Å². The fourth-order valence-corrected chi connectivity index (χ4v) is 3.66. The van der Waals surface area contributed by atoms with E-state index in [1.54, 1.807) is 42.5 Å². The molecule has 0 saturated carbocycles. The van der Waals surface area contributed by atoms with Gasteiger partial charge in [0.2, 0.25) is 15.9 Å². The minimum atomic E-state index is -3.63. The van der Waals surface area contributed by atoms with Crippen LogP contribution in [0, 0.1) is 0 Å². The summed E-state index contributed by atoms with van der Waals surface area (Å²) in [5.74, 6) is 0.923. The van der Waals surface area contributed by atoms with Gasteiger partial charge >= 0.3 is 0 Å². The molecule has 8 heteroatoms. The van der Waals surface area contributed by atoms with Crippen LogP contribution in [0.5, 0.6) is 11.5 Å². The molecule has 0 bridgehead atoms. The fourth-order valence-electron chi connectivity index (χ4n) is 2.63. The van der Waals surface area contributed by atoms with Crippen LogP contribution >= 0.6 is 0 Å². The Labute approximate surface area is 158 Å². The number of carbonyl (C=O) groups is 1. The molecular weight excluding hydrogens is 368 g/mol. The Morgan fingerprint density at radius 3 is 2.44 bits per heavy atom. The van der Waals surface area contributed by atoms with Gasteiger partial charge in [0, 0.05) is 24.7 Å². The third-order valence-corrected chi connectivity index (χ3v) is 5.59. The Hall–Kier alpha value is -2.58. The average Bonchev–Trinajstić information content (AvgIpc) is 2.68. The molecule has 0 aliphatic carbocycles. The lowest BCUT2D eigenvalue weighted by Crippen LogP contribution is -2.27. The number of benzene rings is 2. The smallest absolute Gasteiger partial charge is 0.240 e. The molecular formula is C19H22N2O5S. The van der Waals surface area contributed by atoms with Gasteiger partial charge in [-0.15, -0.1) is 0 Å². The minimum absolute atomic E-state index is 0.00818. The second-order valence-electron chi connectivity index (χ2n) is 6.05. The molecule has 0 fully saturated rings. The van der Waals surface area contributed by atoms with E-state index < -0.39 is 10.0 Å². The van der Waals surface area contributed by atoms with Gasteiger partial charge in [0.05, 0.1) is 4.90 Å². The predicted octanol–water partition coefficient (Wildman–Crippen LogP) is 2.33. The Morgan fingerprint density at radius 1 is 1.04 bits per heavy atom. The number of carbonyl (C=O) groups excluding carboxylic acids is 1. The van der Waals surface area contributed by atoms with Crippen LogP contribution in [-0.2, 0) is 21.2 Å². The van der Waals surface area contributed by atoms with E-state index in [0.29, 0.717) is 30.4 Å². The Balaban J connectivity index is 1.51. The van der Waals surface area contributed by atoms with Gasteiger partial charge in [0.1, 0.15) is 13.2 Å².